The molecule has 104 valence electrons. The van der Waals surface area contributed by atoms with Crippen LogP contribution in [0.25, 0.3) is 0 Å². The molecule has 1 aliphatic heterocycles. The second-order valence-corrected chi connectivity index (χ2v) is 5.39. The maximum absolute atomic E-state index is 13.4. The number of esters is 1. The molecule has 0 saturated heterocycles. The first-order valence-corrected chi connectivity index (χ1v) is 7.12. The van der Waals surface area contributed by atoms with E-state index in [1.807, 2.05) is 16.3 Å². The van der Waals surface area contributed by atoms with Crippen LogP contribution in [0.1, 0.15) is 11.3 Å². The van der Waals surface area contributed by atoms with Gasteiger partial charge >= 0.3 is 5.97 Å². The summed E-state index contributed by atoms with van der Waals surface area (Å²) in [5.74, 6) is -0.559. The average Bonchev–Trinajstić information content (AvgIpc) is 3.04. The van der Waals surface area contributed by atoms with Crippen molar-refractivity contribution in [2.45, 2.75) is 12.8 Å². The van der Waals surface area contributed by atoms with Crippen LogP contribution in [0.15, 0.2) is 23.6 Å². The van der Waals surface area contributed by atoms with Crippen LogP contribution in [-0.4, -0.2) is 24.6 Å². The van der Waals surface area contributed by atoms with Gasteiger partial charge in [0.1, 0.15) is 5.82 Å². The molecule has 4 nitrogen and oxygen atoms in total. The number of methoxy groups -OCH3 is 1. The Morgan fingerprint density at radius 1 is 1.55 bits per heavy atom. The largest absolute Gasteiger partial charge is 0.469 e. The number of hydrogen-bond acceptors (Lipinski definition) is 5. The van der Waals surface area contributed by atoms with Crippen molar-refractivity contribution in [2.24, 2.45) is 0 Å². The molecular formula is C14H13FN2O2S. The number of halogens is 1. The Bertz CT molecular complexity index is 656. The lowest BCUT2D eigenvalue weighted by Gasteiger charge is -2.15. The highest BCUT2D eigenvalue weighted by Gasteiger charge is 2.23. The van der Waals surface area contributed by atoms with Gasteiger partial charge in [-0.25, -0.2) is 9.37 Å². The molecule has 0 radical (unpaired) electrons. The number of nitrogens with zero attached hydrogens (tertiary/aromatic N) is 2. The third-order valence-corrected chi connectivity index (χ3v) is 4.18. The van der Waals surface area contributed by atoms with E-state index in [-0.39, 0.29) is 18.2 Å². The number of anilines is 2. The molecule has 2 heterocycles. The van der Waals surface area contributed by atoms with Crippen LogP contribution in [0.4, 0.5) is 15.2 Å². The number of fused-ring (bicyclic) bond motifs is 1. The van der Waals surface area contributed by atoms with Gasteiger partial charge in [-0.1, -0.05) is 6.07 Å². The fourth-order valence-corrected chi connectivity index (χ4v) is 3.14. The fourth-order valence-electron chi connectivity index (χ4n) is 2.27. The Morgan fingerprint density at radius 3 is 3.20 bits per heavy atom. The van der Waals surface area contributed by atoms with Crippen molar-refractivity contribution in [3.63, 3.8) is 0 Å². The molecular weight excluding hydrogens is 279 g/mol. The molecule has 0 aliphatic carbocycles. The summed E-state index contributed by atoms with van der Waals surface area (Å²) in [5.41, 5.74) is 2.67. The van der Waals surface area contributed by atoms with Crippen molar-refractivity contribution >= 4 is 28.1 Å². The molecule has 0 unspecified atom stereocenters. The van der Waals surface area contributed by atoms with E-state index in [4.69, 9.17) is 0 Å². The minimum atomic E-state index is -0.310. The molecule has 20 heavy (non-hydrogen) atoms. The lowest BCUT2D eigenvalue weighted by Crippen LogP contribution is -2.13. The third-order valence-electron chi connectivity index (χ3n) is 3.27. The van der Waals surface area contributed by atoms with E-state index in [2.05, 4.69) is 9.72 Å². The number of aromatic nitrogens is 1. The fraction of sp³-hybridized carbons (Fsp3) is 0.286. The molecule has 6 heteroatoms. The first-order valence-electron chi connectivity index (χ1n) is 6.24. The van der Waals surface area contributed by atoms with E-state index in [0.29, 0.717) is 5.69 Å². The summed E-state index contributed by atoms with van der Waals surface area (Å²) >= 11 is 1.45. The lowest BCUT2D eigenvalue weighted by atomic mass is 10.2. The van der Waals surface area contributed by atoms with Crippen LogP contribution in [0.2, 0.25) is 0 Å². The van der Waals surface area contributed by atoms with Gasteiger partial charge in [-0.05, 0) is 24.1 Å². The molecule has 0 amide bonds. The van der Waals surface area contributed by atoms with E-state index in [1.54, 1.807) is 0 Å². The monoisotopic (exact) mass is 292 g/mol. The van der Waals surface area contributed by atoms with Crippen LogP contribution >= 0.6 is 11.3 Å². The van der Waals surface area contributed by atoms with Gasteiger partial charge in [0.15, 0.2) is 5.13 Å². The Morgan fingerprint density at radius 2 is 2.40 bits per heavy atom. The predicted molar refractivity (Wildman–Crippen MR) is 74.9 cm³/mol. The molecule has 3 rings (SSSR count). The number of ether oxygens (including phenoxy) is 1. The summed E-state index contributed by atoms with van der Waals surface area (Å²) in [6.07, 6.45) is 1.04. The Hall–Kier alpha value is -1.95. The van der Waals surface area contributed by atoms with Crippen LogP contribution < -0.4 is 4.90 Å². The van der Waals surface area contributed by atoms with Crippen molar-refractivity contribution < 1.29 is 13.9 Å². The van der Waals surface area contributed by atoms with E-state index in [0.717, 1.165) is 29.3 Å². The normalized spacial score (nSPS) is 13.4. The number of benzene rings is 1. The molecule has 1 aromatic heterocycles. The minimum absolute atomic E-state index is 0.164. The van der Waals surface area contributed by atoms with E-state index >= 15 is 0 Å². The Labute approximate surface area is 119 Å². The van der Waals surface area contributed by atoms with E-state index in [1.165, 1.54) is 30.6 Å². The highest BCUT2D eigenvalue weighted by Crippen LogP contribution is 2.36. The van der Waals surface area contributed by atoms with E-state index in [9.17, 15) is 9.18 Å². The second kappa shape index (κ2) is 5.20. The van der Waals surface area contributed by atoms with Gasteiger partial charge in [-0.15, -0.1) is 11.3 Å². The first kappa shape index (κ1) is 13.1. The Kier molecular flexibility index (Phi) is 3.40. The zero-order valence-corrected chi connectivity index (χ0v) is 11.7. The highest BCUT2D eigenvalue weighted by molar-refractivity contribution is 7.13. The molecule has 0 N–H and O–H groups in total. The van der Waals surface area contributed by atoms with Crippen molar-refractivity contribution in [1.82, 2.24) is 4.98 Å². The Balaban J connectivity index is 1.85. The SMILES string of the molecule is COC(=O)Cc1csc(N2CCc3ccc(F)cc32)n1. The van der Waals surface area contributed by atoms with Crippen LogP contribution in [0.3, 0.4) is 0 Å². The van der Waals surface area contributed by atoms with Crippen LogP contribution in [0, 0.1) is 5.82 Å². The molecule has 1 aliphatic rings. The molecule has 0 saturated carbocycles. The molecule has 0 atom stereocenters. The zero-order valence-electron chi connectivity index (χ0n) is 10.9. The van der Waals surface area contributed by atoms with Gasteiger partial charge in [0.05, 0.1) is 19.2 Å². The highest BCUT2D eigenvalue weighted by atomic mass is 32.1. The molecule has 0 bridgehead atoms. The minimum Gasteiger partial charge on any atom is -0.469 e. The van der Waals surface area contributed by atoms with E-state index < -0.39 is 0 Å². The molecule has 1 aromatic carbocycles. The van der Waals surface area contributed by atoms with Crippen molar-refractivity contribution in [3.8, 4) is 0 Å². The number of rotatable bonds is 3. The number of carbonyl (C=O) groups excluding carboxylic acids is 1. The summed E-state index contributed by atoms with van der Waals surface area (Å²) in [7, 11) is 1.36. The summed E-state index contributed by atoms with van der Waals surface area (Å²) in [5, 5.41) is 2.62. The summed E-state index contributed by atoms with van der Waals surface area (Å²) < 4.78 is 18.0. The van der Waals surface area contributed by atoms with Gasteiger partial charge < -0.3 is 9.64 Å². The maximum atomic E-state index is 13.4. The lowest BCUT2D eigenvalue weighted by molar-refractivity contribution is -0.139. The third kappa shape index (κ3) is 2.38. The molecule has 0 spiro atoms. The van der Waals surface area contributed by atoms with Gasteiger partial charge in [0.2, 0.25) is 0 Å². The summed E-state index contributed by atoms with van der Waals surface area (Å²) in [6.45, 7) is 0.782. The quantitative estimate of drug-likeness (QED) is 0.816. The van der Waals surface area contributed by atoms with Crippen LogP contribution in [-0.2, 0) is 22.4 Å². The second-order valence-electron chi connectivity index (χ2n) is 4.55. The number of carbonyl (C=O) groups is 1. The van der Waals surface area contributed by atoms with Crippen molar-refractivity contribution in [1.29, 1.82) is 0 Å². The topological polar surface area (TPSA) is 42.4 Å². The van der Waals surface area contributed by atoms with Crippen molar-refractivity contribution in [2.75, 3.05) is 18.6 Å². The summed E-state index contributed by atoms with van der Waals surface area (Å²) in [4.78, 5) is 17.7. The summed E-state index contributed by atoms with van der Waals surface area (Å²) in [6, 6.07) is 4.82. The predicted octanol–water partition coefficient (Wildman–Crippen LogP) is 2.69. The van der Waals surface area contributed by atoms with Crippen LogP contribution in [0.5, 0.6) is 0 Å². The smallest absolute Gasteiger partial charge is 0.311 e. The zero-order chi connectivity index (χ0) is 14.1. The van der Waals surface area contributed by atoms with Gasteiger partial charge in [0.25, 0.3) is 0 Å². The van der Waals surface area contributed by atoms with Crippen molar-refractivity contribution in [3.05, 3.63) is 40.7 Å². The average molecular weight is 292 g/mol. The number of thiazole rings is 1. The molecule has 0 fully saturated rings. The molecule has 2 aromatic rings. The first-order chi connectivity index (χ1) is 9.67. The van der Waals surface area contributed by atoms with Gasteiger partial charge in [-0.3, -0.25) is 4.79 Å². The maximum Gasteiger partial charge on any atom is 0.311 e. The van der Waals surface area contributed by atoms with Gasteiger partial charge in [0, 0.05) is 17.6 Å². The van der Waals surface area contributed by atoms with Gasteiger partial charge in [-0.2, -0.15) is 0 Å². The standard InChI is InChI=1S/C14H13FN2O2S/c1-19-13(18)7-11-8-20-14(16-11)17-5-4-9-2-3-10(15)6-12(9)17/h2-3,6,8H,4-5,7H2,1H3. The number of hydrogen-bond donors (Lipinski definition) is 0.